The Labute approximate surface area is 120 Å². The Balaban J connectivity index is 2.24. The second-order valence-electron chi connectivity index (χ2n) is 6.35. The monoisotopic (exact) mass is 275 g/mol. The summed E-state index contributed by atoms with van der Waals surface area (Å²) in [6, 6.07) is 3.03. The van der Waals surface area contributed by atoms with Crippen LogP contribution < -0.4 is 0 Å². The first-order valence-corrected chi connectivity index (χ1v) is 7.06. The molecule has 3 heteroatoms. The highest BCUT2D eigenvalue weighted by Crippen LogP contribution is 2.30. The lowest BCUT2D eigenvalue weighted by Crippen LogP contribution is -2.41. The van der Waals surface area contributed by atoms with Crippen molar-refractivity contribution in [2.24, 2.45) is 5.41 Å². The molecule has 1 aliphatic rings. The number of hydrogen-bond acceptors (Lipinski definition) is 1. The fraction of sp³-hybridized carbons (Fsp3) is 0.471. The number of rotatable bonds is 2. The normalized spacial score (nSPS) is 17.9. The van der Waals surface area contributed by atoms with Crippen molar-refractivity contribution >= 4 is 12.0 Å². The number of likely N-dealkylation sites (tertiary alicyclic amines) is 1. The summed E-state index contributed by atoms with van der Waals surface area (Å²) in [7, 11) is 0. The largest absolute Gasteiger partial charge is 0.339 e. The van der Waals surface area contributed by atoms with E-state index in [9.17, 15) is 9.18 Å². The van der Waals surface area contributed by atoms with E-state index in [1.165, 1.54) is 6.07 Å². The summed E-state index contributed by atoms with van der Waals surface area (Å²) in [6.07, 6.45) is 3.58. The molecule has 1 aromatic carbocycles. The molecule has 1 saturated heterocycles. The van der Waals surface area contributed by atoms with Gasteiger partial charge in [0.05, 0.1) is 5.56 Å². The lowest BCUT2D eigenvalue weighted by Gasteiger charge is -2.37. The van der Waals surface area contributed by atoms with Gasteiger partial charge in [0.25, 0.3) is 5.91 Å². The van der Waals surface area contributed by atoms with Crippen LogP contribution >= 0.6 is 0 Å². The third-order valence-electron chi connectivity index (χ3n) is 4.21. The van der Waals surface area contributed by atoms with Gasteiger partial charge in [0.1, 0.15) is 5.82 Å². The smallest absolute Gasteiger partial charge is 0.256 e. The minimum atomic E-state index is -0.442. The van der Waals surface area contributed by atoms with Crippen LogP contribution in [0.1, 0.15) is 48.2 Å². The molecule has 108 valence electrons. The Morgan fingerprint density at radius 1 is 1.35 bits per heavy atom. The van der Waals surface area contributed by atoms with E-state index in [1.807, 2.05) is 6.92 Å². The predicted molar refractivity (Wildman–Crippen MR) is 80.1 cm³/mol. The quantitative estimate of drug-likeness (QED) is 0.797. The van der Waals surface area contributed by atoms with Crippen molar-refractivity contribution in [3.05, 3.63) is 41.2 Å². The lowest BCUT2D eigenvalue weighted by molar-refractivity contribution is 0.0625. The van der Waals surface area contributed by atoms with Crippen molar-refractivity contribution < 1.29 is 9.18 Å². The van der Waals surface area contributed by atoms with Crippen molar-refractivity contribution in [1.29, 1.82) is 0 Å². The average molecular weight is 275 g/mol. The topological polar surface area (TPSA) is 20.3 Å². The second kappa shape index (κ2) is 5.39. The number of piperidine rings is 1. The summed E-state index contributed by atoms with van der Waals surface area (Å²) in [5, 5.41) is 0. The highest BCUT2D eigenvalue weighted by atomic mass is 19.1. The number of amides is 1. The molecular weight excluding hydrogens is 253 g/mol. The zero-order valence-electron chi connectivity index (χ0n) is 12.5. The van der Waals surface area contributed by atoms with E-state index >= 15 is 0 Å². The maximum atomic E-state index is 14.0. The molecule has 0 saturated carbocycles. The number of benzene rings is 1. The molecule has 1 fully saturated rings. The van der Waals surface area contributed by atoms with Gasteiger partial charge in [0.15, 0.2) is 0 Å². The van der Waals surface area contributed by atoms with Crippen molar-refractivity contribution in [1.82, 2.24) is 4.90 Å². The standard InChI is InChI=1S/C17H22FNO/c1-5-13-11-14(15(18)10-12(13)2)16(20)19-8-6-17(3,4)7-9-19/h5,10-11H,1,6-9H2,2-4H3. The number of carbonyl (C=O) groups is 1. The zero-order valence-corrected chi connectivity index (χ0v) is 12.5. The van der Waals surface area contributed by atoms with E-state index < -0.39 is 5.82 Å². The third kappa shape index (κ3) is 2.92. The maximum absolute atomic E-state index is 14.0. The molecule has 0 bridgehead atoms. The van der Waals surface area contributed by atoms with Gasteiger partial charge in [0.2, 0.25) is 0 Å². The number of aryl methyl sites for hydroxylation is 1. The van der Waals surface area contributed by atoms with Crippen molar-refractivity contribution in [2.45, 2.75) is 33.6 Å². The molecule has 2 rings (SSSR count). The summed E-state index contributed by atoms with van der Waals surface area (Å²) in [5.41, 5.74) is 2.04. The van der Waals surface area contributed by atoms with E-state index in [0.29, 0.717) is 13.1 Å². The van der Waals surface area contributed by atoms with Gasteiger partial charge in [-0.05, 0) is 48.4 Å². The fourth-order valence-electron chi connectivity index (χ4n) is 2.56. The van der Waals surface area contributed by atoms with Crippen molar-refractivity contribution in [3.8, 4) is 0 Å². The van der Waals surface area contributed by atoms with Crippen LogP contribution in [0.2, 0.25) is 0 Å². The van der Waals surface area contributed by atoms with Gasteiger partial charge < -0.3 is 4.90 Å². The number of carbonyl (C=O) groups excluding carboxylic acids is 1. The van der Waals surface area contributed by atoms with E-state index in [4.69, 9.17) is 0 Å². The number of halogens is 1. The Hall–Kier alpha value is -1.64. The third-order valence-corrected chi connectivity index (χ3v) is 4.21. The average Bonchev–Trinajstić information content (AvgIpc) is 2.38. The van der Waals surface area contributed by atoms with E-state index in [0.717, 1.165) is 24.0 Å². The molecule has 1 aliphatic heterocycles. The molecule has 1 heterocycles. The zero-order chi connectivity index (χ0) is 14.9. The van der Waals surface area contributed by atoms with Crippen LogP contribution in [0.25, 0.3) is 6.08 Å². The van der Waals surface area contributed by atoms with Crippen molar-refractivity contribution in [3.63, 3.8) is 0 Å². The first-order valence-electron chi connectivity index (χ1n) is 7.06. The van der Waals surface area contributed by atoms with Crippen LogP contribution in [-0.4, -0.2) is 23.9 Å². The fourth-order valence-corrected chi connectivity index (χ4v) is 2.56. The number of nitrogens with zero attached hydrogens (tertiary/aromatic N) is 1. The second-order valence-corrected chi connectivity index (χ2v) is 6.35. The summed E-state index contributed by atoms with van der Waals surface area (Å²) < 4.78 is 14.0. The van der Waals surface area contributed by atoms with Gasteiger partial charge in [-0.2, -0.15) is 0 Å². The Morgan fingerprint density at radius 3 is 2.50 bits per heavy atom. The van der Waals surface area contributed by atoms with Crippen LogP contribution in [0.3, 0.4) is 0 Å². The highest BCUT2D eigenvalue weighted by Gasteiger charge is 2.29. The Morgan fingerprint density at radius 2 is 1.95 bits per heavy atom. The van der Waals surface area contributed by atoms with Crippen LogP contribution in [0.15, 0.2) is 18.7 Å². The molecular formula is C17H22FNO. The first-order chi connectivity index (χ1) is 9.34. The summed E-state index contributed by atoms with van der Waals surface area (Å²) >= 11 is 0. The summed E-state index contributed by atoms with van der Waals surface area (Å²) in [6.45, 7) is 11.3. The summed E-state index contributed by atoms with van der Waals surface area (Å²) in [4.78, 5) is 14.2. The first kappa shape index (κ1) is 14.8. The van der Waals surface area contributed by atoms with Gasteiger partial charge in [0, 0.05) is 13.1 Å². The van der Waals surface area contributed by atoms with Gasteiger partial charge in [-0.25, -0.2) is 4.39 Å². The van der Waals surface area contributed by atoms with Gasteiger partial charge in [-0.1, -0.05) is 26.5 Å². The van der Waals surface area contributed by atoms with Crippen molar-refractivity contribution in [2.75, 3.05) is 13.1 Å². The van der Waals surface area contributed by atoms with Crippen LogP contribution in [0.5, 0.6) is 0 Å². The molecule has 0 atom stereocenters. The molecule has 1 aromatic rings. The molecule has 0 aliphatic carbocycles. The Bertz CT molecular complexity index is 538. The van der Waals surface area contributed by atoms with E-state index in [2.05, 4.69) is 20.4 Å². The minimum Gasteiger partial charge on any atom is -0.339 e. The predicted octanol–water partition coefficient (Wildman–Crippen LogP) is 4.04. The minimum absolute atomic E-state index is 0.158. The molecule has 0 aromatic heterocycles. The SMILES string of the molecule is C=Cc1cc(C(=O)N2CCC(C)(C)CC2)c(F)cc1C. The molecule has 0 radical (unpaired) electrons. The molecule has 1 amide bonds. The van der Waals surface area contributed by atoms with Crippen LogP contribution in [0.4, 0.5) is 4.39 Å². The van der Waals surface area contributed by atoms with Crippen LogP contribution in [-0.2, 0) is 0 Å². The molecule has 0 spiro atoms. The summed E-state index contributed by atoms with van der Waals surface area (Å²) in [5.74, 6) is -0.649. The van der Waals surface area contributed by atoms with Gasteiger partial charge in [-0.3, -0.25) is 4.79 Å². The van der Waals surface area contributed by atoms with Gasteiger partial charge in [-0.15, -0.1) is 0 Å². The van der Waals surface area contributed by atoms with E-state index in [-0.39, 0.29) is 16.9 Å². The number of hydrogen-bond donors (Lipinski definition) is 0. The maximum Gasteiger partial charge on any atom is 0.256 e. The molecule has 0 unspecified atom stereocenters. The molecule has 20 heavy (non-hydrogen) atoms. The van der Waals surface area contributed by atoms with E-state index in [1.54, 1.807) is 17.0 Å². The molecule has 2 nitrogen and oxygen atoms in total. The molecule has 0 N–H and O–H groups in total. The lowest BCUT2D eigenvalue weighted by atomic mass is 9.82. The van der Waals surface area contributed by atoms with Crippen LogP contribution in [0, 0.1) is 18.2 Å². The highest BCUT2D eigenvalue weighted by molar-refractivity contribution is 5.95. The Kier molecular flexibility index (Phi) is 3.98. The van der Waals surface area contributed by atoms with Gasteiger partial charge >= 0.3 is 0 Å².